The maximum absolute atomic E-state index is 12.9. The van der Waals surface area contributed by atoms with E-state index in [9.17, 15) is 9.59 Å². The first-order valence-electron chi connectivity index (χ1n) is 12.6. The molecule has 0 radical (unpaired) electrons. The molecule has 2 aromatic heterocycles. The fraction of sp³-hybridized carbons (Fsp3) is 0.444. The van der Waals surface area contributed by atoms with Gasteiger partial charge in [-0.05, 0) is 74.2 Å². The predicted octanol–water partition coefficient (Wildman–Crippen LogP) is 5.70. The molecule has 12 heteroatoms. The lowest BCUT2D eigenvalue weighted by Crippen LogP contribution is -2.40. The number of likely N-dealkylation sites (tertiary alicyclic amines) is 1. The second-order valence-electron chi connectivity index (χ2n) is 10.6. The number of rotatable bonds is 7. The van der Waals surface area contributed by atoms with E-state index in [0.29, 0.717) is 58.7 Å². The van der Waals surface area contributed by atoms with Gasteiger partial charge in [0.1, 0.15) is 5.60 Å². The molecule has 4 N–H and O–H groups in total. The zero-order chi connectivity index (χ0) is 26.9. The second-order valence-corrected chi connectivity index (χ2v) is 11.4. The maximum atomic E-state index is 12.9. The third-order valence-electron chi connectivity index (χ3n) is 6.16. The van der Waals surface area contributed by atoms with Crippen molar-refractivity contribution in [1.29, 1.82) is 0 Å². The highest BCUT2D eigenvalue weighted by Crippen LogP contribution is 2.39. The van der Waals surface area contributed by atoms with Gasteiger partial charge in [-0.3, -0.25) is 9.89 Å². The average Bonchev–Trinajstić information content (AvgIpc) is 3.42. The van der Waals surface area contributed by atoms with Crippen molar-refractivity contribution in [3.63, 3.8) is 0 Å². The number of anilines is 4. The van der Waals surface area contributed by atoms with Crippen molar-refractivity contribution in [2.45, 2.75) is 65.0 Å². The van der Waals surface area contributed by atoms with E-state index in [0.717, 1.165) is 5.69 Å². The first-order chi connectivity index (χ1) is 18.1. The molecule has 3 heterocycles. The van der Waals surface area contributed by atoms with Gasteiger partial charge in [0.05, 0.1) is 4.47 Å². The summed E-state index contributed by atoms with van der Waals surface area (Å²) in [5.41, 5.74) is 1.73. The molecule has 1 aliphatic heterocycles. The minimum atomic E-state index is -0.556. The number of nitrogens with zero attached hydrogens (tertiary/aromatic N) is 4. The molecule has 3 aromatic rings. The summed E-state index contributed by atoms with van der Waals surface area (Å²) in [5, 5.41) is 16.8. The number of carbonyl (C=O) groups is 2. The van der Waals surface area contributed by atoms with Crippen molar-refractivity contribution in [3.8, 4) is 0 Å². The number of aromatic amines is 1. The Labute approximate surface area is 236 Å². The quantitative estimate of drug-likeness (QED) is 0.272. The molecule has 2 aliphatic rings. The minimum absolute atomic E-state index is 0. The Hall–Kier alpha value is -3.67. The van der Waals surface area contributed by atoms with Gasteiger partial charge in [0, 0.05) is 54.3 Å². The van der Waals surface area contributed by atoms with Gasteiger partial charge >= 0.3 is 6.09 Å². The van der Waals surface area contributed by atoms with Gasteiger partial charge < -0.3 is 25.6 Å². The third-order valence-corrected chi connectivity index (χ3v) is 6.74. The van der Waals surface area contributed by atoms with Crippen LogP contribution in [-0.2, 0) is 4.74 Å². The van der Waals surface area contributed by atoms with Crippen LogP contribution in [0.1, 0.15) is 69.4 Å². The predicted molar refractivity (Wildman–Crippen MR) is 154 cm³/mol. The van der Waals surface area contributed by atoms with E-state index in [1.807, 2.05) is 32.9 Å². The van der Waals surface area contributed by atoms with Crippen molar-refractivity contribution >= 4 is 51.2 Å². The molecule has 5 rings (SSSR count). The van der Waals surface area contributed by atoms with E-state index >= 15 is 0 Å². The number of nitrogens with one attached hydrogen (secondary N) is 4. The molecule has 0 bridgehead atoms. The Morgan fingerprint density at radius 1 is 1.15 bits per heavy atom. The van der Waals surface area contributed by atoms with Crippen molar-refractivity contribution in [2.24, 2.45) is 0 Å². The maximum Gasteiger partial charge on any atom is 0.410 e. The molecule has 1 aliphatic carbocycles. The van der Waals surface area contributed by atoms with E-state index < -0.39 is 5.60 Å². The van der Waals surface area contributed by atoms with Gasteiger partial charge in [-0.15, -0.1) is 0 Å². The Balaban J connectivity index is 0.00000353. The molecule has 39 heavy (non-hydrogen) atoms. The highest BCUT2D eigenvalue weighted by Gasteiger charge is 2.30. The molecular weight excluding hydrogens is 564 g/mol. The summed E-state index contributed by atoms with van der Waals surface area (Å²) in [4.78, 5) is 35.8. The third kappa shape index (κ3) is 7.47. The zero-order valence-electron chi connectivity index (χ0n) is 21.5. The van der Waals surface area contributed by atoms with Crippen LogP contribution in [-0.4, -0.2) is 61.8 Å². The van der Waals surface area contributed by atoms with Crippen LogP contribution in [0.15, 0.2) is 41.0 Å². The van der Waals surface area contributed by atoms with Crippen LogP contribution in [0.4, 0.5) is 28.1 Å². The number of ether oxygens (including phenoxy) is 1. The molecule has 1 aromatic carbocycles. The molecule has 208 valence electrons. The normalized spacial score (nSPS) is 16.8. The standard InChI is InChI=1S/C26H31BrN8O3.CH4/c1-26(2,3)38-25(37)35-10-9-18(14-35)29-23(36)16-5-4-6-17(11-16)30-24-28-13-19(27)22(32-24)31-21-12-20(33-34-21)15-7-8-15;/h4-6,11-13,15,18H,7-10,14H2,1-3H3,(H,29,36)(H3,28,30,31,32,33,34);1H4/t18-;/m0./s1. The number of amides is 2. The molecule has 1 saturated carbocycles. The molecule has 1 atom stereocenters. The van der Waals surface area contributed by atoms with E-state index in [4.69, 9.17) is 4.74 Å². The number of hydrogen-bond acceptors (Lipinski definition) is 8. The number of benzene rings is 1. The SMILES string of the molecule is C.CC(C)(C)OC(=O)N1CC[C@H](NC(=O)c2cccc(Nc3ncc(Br)c(Nc4cc(C5CC5)[nH]n4)n3)c2)C1. The minimum Gasteiger partial charge on any atom is -0.444 e. The number of halogens is 1. The molecule has 2 fully saturated rings. The van der Waals surface area contributed by atoms with Crippen LogP contribution in [0.25, 0.3) is 0 Å². The van der Waals surface area contributed by atoms with Gasteiger partial charge in [-0.25, -0.2) is 9.78 Å². The molecular formula is C27H35BrN8O3. The summed E-state index contributed by atoms with van der Waals surface area (Å²) in [6.45, 7) is 6.46. The lowest BCUT2D eigenvalue weighted by Gasteiger charge is -2.24. The van der Waals surface area contributed by atoms with Crippen molar-refractivity contribution in [2.75, 3.05) is 23.7 Å². The number of aromatic nitrogens is 4. The molecule has 0 spiro atoms. The van der Waals surface area contributed by atoms with E-state index in [-0.39, 0.29) is 25.5 Å². The van der Waals surface area contributed by atoms with Gasteiger partial charge in [0.15, 0.2) is 11.6 Å². The molecule has 0 unspecified atom stereocenters. The van der Waals surface area contributed by atoms with Crippen LogP contribution in [0.2, 0.25) is 0 Å². The van der Waals surface area contributed by atoms with Gasteiger partial charge in [0.2, 0.25) is 5.95 Å². The Kier molecular flexibility index (Phi) is 8.43. The zero-order valence-corrected chi connectivity index (χ0v) is 23.1. The van der Waals surface area contributed by atoms with E-state index in [1.54, 1.807) is 29.3 Å². The van der Waals surface area contributed by atoms with E-state index in [2.05, 4.69) is 52.0 Å². The fourth-order valence-electron chi connectivity index (χ4n) is 4.15. The summed E-state index contributed by atoms with van der Waals surface area (Å²) in [7, 11) is 0. The first kappa shape index (κ1) is 28.3. The second kappa shape index (κ2) is 11.6. The van der Waals surface area contributed by atoms with Crippen LogP contribution >= 0.6 is 15.9 Å². The lowest BCUT2D eigenvalue weighted by atomic mass is 10.1. The van der Waals surface area contributed by atoms with Crippen LogP contribution in [0.3, 0.4) is 0 Å². The largest absolute Gasteiger partial charge is 0.444 e. The summed E-state index contributed by atoms with van der Waals surface area (Å²) in [6.07, 6.45) is 4.34. The fourth-order valence-corrected chi connectivity index (χ4v) is 4.44. The summed E-state index contributed by atoms with van der Waals surface area (Å²) in [6, 6.07) is 8.97. The molecule has 11 nitrogen and oxygen atoms in total. The summed E-state index contributed by atoms with van der Waals surface area (Å²) < 4.78 is 6.13. The van der Waals surface area contributed by atoms with Gasteiger partial charge in [0.25, 0.3) is 5.91 Å². The van der Waals surface area contributed by atoms with Crippen LogP contribution in [0, 0.1) is 0 Å². The Bertz CT molecular complexity index is 1330. The topological polar surface area (TPSA) is 137 Å². The average molecular weight is 600 g/mol. The van der Waals surface area contributed by atoms with E-state index in [1.165, 1.54) is 12.8 Å². The molecule has 2 amide bonds. The smallest absolute Gasteiger partial charge is 0.410 e. The molecule has 1 saturated heterocycles. The van der Waals surface area contributed by atoms with Gasteiger partial charge in [-0.1, -0.05) is 13.5 Å². The number of carbonyl (C=O) groups excluding carboxylic acids is 2. The lowest BCUT2D eigenvalue weighted by molar-refractivity contribution is 0.0290. The number of hydrogen-bond donors (Lipinski definition) is 4. The Morgan fingerprint density at radius 3 is 2.69 bits per heavy atom. The van der Waals surface area contributed by atoms with Crippen molar-refractivity contribution in [3.05, 3.63) is 52.3 Å². The summed E-state index contributed by atoms with van der Waals surface area (Å²) >= 11 is 3.48. The number of H-pyrrole nitrogens is 1. The van der Waals surface area contributed by atoms with Crippen LogP contribution in [0.5, 0.6) is 0 Å². The highest BCUT2D eigenvalue weighted by molar-refractivity contribution is 9.10. The highest BCUT2D eigenvalue weighted by atomic mass is 79.9. The van der Waals surface area contributed by atoms with Crippen LogP contribution < -0.4 is 16.0 Å². The van der Waals surface area contributed by atoms with Crippen molar-refractivity contribution < 1.29 is 14.3 Å². The van der Waals surface area contributed by atoms with Crippen molar-refractivity contribution in [1.82, 2.24) is 30.4 Å². The Morgan fingerprint density at radius 2 is 1.95 bits per heavy atom. The van der Waals surface area contributed by atoms with Gasteiger partial charge in [-0.2, -0.15) is 10.1 Å². The monoisotopic (exact) mass is 598 g/mol. The first-order valence-corrected chi connectivity index (χ1v) is 13.4. The summed E-state index contributed by atoms with van der Waals surface area (Å²) in [5.74, 6) is 1.99.